The Morgan fingerprint density at radius 2 is 0.839 bits per heavy atom. The molecule has 12 nitrogen and oxygen atoms in total. The maximum atomic E-state index is 12.0. The first-order valence-corrected chi connectivity index (χ1v) is 20.9. The third-order valence-corrected chi connectivity index (χ3v) is 13.2. The predicted octanol–water partition coefficient (Wildman–Crippen LogP) is 9.18. The van der Waals surface area contributed by atoms with Gasteiger partial charge >= 0.3 is 0 Å². The van der Waals surface area contributed by atoms with E-state index in [4.69, 9.17) is 20.4 Å². The van der Waals surface area contributed by atoms with Gasteiger partial charge in [0.2, 0.25) is 0 Å². The number of fused-ring (bicyclic) bond motifs is 8. The van der Waals surface area contributed by atoms with Crippen molar-refractivity contribution >= 4 is 54.9 Å². The van der Waals surface area contributed by atoms with Crippen molar-refractivity contribution in [1.29, 1.82) is 0 Å². The molecule has 0 radical (unpaired) electrons. The van der Waals surface area contributed by atoms with Crippen LogP contribution < -0.4 is 0 Å². The van der Waals surface area contributed by atoms with Crippen LogP contribution in [0.25, 0.3) is 89.1 Å². The molecule has 62 heavy (non-hydrogen) atoms. The van der Waals surface area contributed by atoms with E-state index >= 15 is 0 Å². The van der Waals surface area contributed by atoms with Crippen molar-refractivity contribution in [2.75, 3.05) is 0 Å². The predicted molar refractivity (Wildman–Crippen MR) is 241 cm³/mol. The van der Waals surface area contributed by atoms with Gasteiger partial charge in [-0.2, -0.15) is 29.4 Å². The van der Waals surface area contributed by atoms with Gasteiger partial charge < -0.3 is 19.3 Å². The lowest BCUT2D eigenvalue weighted by Crippen LogP contribution is -2.52. The first kappa shape index (κ1) is 35.0. The molecule has 0 unspecified atom stereocenters. The first-order chi connectivity index (χ1) is 30.4. The summed E-state index contributed by atoms with van der Waals surface area (Å²) in [5, 5.41) is 54.3. The molecule has 0 atom stereocenters. The Labute approximate surface area is 352 Å². The SMILES string of the molecule is Cc1nn2c(-c3ccc4c(c3)c3ccccc3n4-c3ccccc3)n[nH]c2c1C1C(O)C(c2c(C)nn3c(-c4ccc5c(c4)c4ccccc4n5-c4ccccc4)n[nH]c23)C1O. The molecule has 6 aromatic carbocycles. The molecule has 1 aliphatic rings. The molecule has 6 aromatic heterocycles. The van der Waals surface area contributed by atoms with Gasteiger partial charge in [0, 0.05) is 67.0 Å². The average molecular weight is 811 g/mol. The minimum atomic E-state index is -0.914. The van der Waals surface area contributed by atoms with Crippen LogP contribution in [0.3, 0.4) is 0 Å². The number of aliphatic hydroxyl groups excluding tert-OH is 2. The minimum Gasteiger partial charge on any atom is -0.392 e. The highest BCUT2D eigenvalue weighted by Gasteiger charge is 2.54. The lowest BCUT2D eigenvalue weighted by Gasteiger charge is -2.46. The summed E-state index contributed by atoms with van der Waals surface area (Å²) in [6, 6.07) is 50.4. The van der Waals surface area contributed by atoms with Gasteiger partial charge in [-0.05, 0) is 86.6 Å². The highest BCUT2D eigenvalue weighted by molar-refractivity contribution is 6.11. The number of rotatable bonds is 6. The summed E-state index contributed by atoms with van der Waals surface area (Å²) in [6.07, 6.45) is -1.83. The van der Waals surface area contributed by atoms with E-state index in [9.17, 15) is 10.2 Å². The van der Waals surface area contributed by atoms with Crippen LogP contribution in [0.5, 0.6) is 0 Å². The molecule has 0 saturated heterocycles. The Bertz CT molecular complexity index is 3480. The van der Waals surface area contributed by atoms with Crippen LogP contribution in [0.1, 0.15) is 34.4 Å². The number of H-pyrrole nitrogens is 2. The fraction of sp³-hybridized carbons (Fsp3) is 0.120. The van der Waals surface area contributed by atoms with Crippen LogP contribution >= 0.6 is 0 Å². The van der Waals surface area contributed by atoms with E-state index in [1.807, 2.05) is 26.0 Å². The Morgan fingerprint density at radius 3 is 1.27 bits per heavy atom. The fourth-order valence-corrected chi connectivity index (χ4v) is 10.4. The summed E-state index contributed by atoms with van der Waals surface area (Å²) in [5.74, 6) is 0.0979. The van der Waals surface area contributed by atoms with Gasteiger partial charge in [0.05, 0.1) is 45.7 Å². The third-order valence-electron chi connectivity index (χ3n) is 13.2. The molecule has 0 amide bonds. The van der Waals surface area contributed by atoms with Crippen LogP contribution in [0.15, 0.2) is 146 Å². The van der Waals surface area contributed by atoms with Crippen molar-refractivity contribution in [3.05, 3.63) is 168 Å². The fourth-order valence-electron chi connectivity index (χ4n) is 10.4. The number of aromatic nitrogens is 10. The lowest BCUT2D eigenvalue weighted by atomic mass is 9.63. The molecule has 13 rings (SSSR count). The summed E-state index contributed by atoms with van der Waals surface area (Å²) >= 11 is 0. The Balaban J connectivity index is 0.845. The quantitative estimate of drug-likeness (QED) is 0.132. The number of aryl methyl sites for hydroxylation is 2. The number of aliphatic hydroxyl groups is 2. The maximum absolute atomic E-state index is 12.0. The summed E-state index contributed by atoms with van der Waals surface area (Å²) in [7, 11) is 0. The molecule has 300 valence electrons. The van der Waals surface area contributed by atoms with Crippen molar-refractivity contribution in [2.45, 2.75) is 37.9 Å². The molecule has 1 aliphatic carbocycles. The summed E-state index contributed by atoms with van der Waals surface area (Å²) in [4.78, 5) is 0. The van der Waals surface area contributed by atoms with Crippen molar-refractivity contribution in [3.8, 4) is 34.2 Å². The standard InChI is InChI=1S/C50H38N10O2/c1-27-41(49-53-51-47(59(49)55-27)29-21-23-39-35(25-29)33-17-9-11-19-37(33)57(39)31-13-5-3-6-14-31)43-45(61)44(46(43)62)42-28(2)56-60-48(52-54-50(42)60)30-22-24-40-36(26-30)34-18-10-12-20-38(34)58(40)32-15-7-4-8-16-32/h3-26,43-46,53-54,61-62H,1-2H3. The summed E-state index contributed by atoms with van der Waals surface area (Å²) in [6.45, 7) is 3.84. The molecule has 4 N–H and O–H groups in total. The van der Waals surface area contributed by atoms with Crippen molar-refractivity contribution in [2.24, 2.45) is 0 Å². The Morgan fingerprint density at radius 1 is 0.452 bits per heavy atom. The zero-order valence-corrected chi connectivity index (χ0v) is 33.6. The Kier molecular flexibility index (Phi) is 7.26. The number of aromatic amines is 2. The lowest BCUT2D eigenvalue weighted by molar-refractivity contribution is -0.0781. The molecular formula is C50H38N10O2. The molecule has 12 heteroatoms. The van der Waals surface area contributed by atoms with Crippen molar-refractivity contribution < 1.29 is 10.2 Å². The van der Waals surface area contributed by atoms with Gasteiger partial charge in [0.15, 0.2) is 22.9 Å². The monoisotopic (exact) mass is 810 g/mol. The van der Waals surface area contributed by atoms with E-state index in [0.717, 1.165) is 77.2 Å². The van der Waals surface area contributed by atoms with Crippen LogP contribution in [-0.4, -0.2) is 71.2 Å². The highest BCUT2D eigenvalue weighted by atomic mass is 16.3. The molecule has 1 fully saturated rings. The number of hydrogen-bond donors (Lipinski definition) is 4. The topological polar surface area (TPSA) is 142 Å². The normalized spacial score (nSPS) is 18.0. The second-order valence-corrected chi connectivity index (χ2v) is 16.5. The number of hydrogen-bond acceptors (Lipinski definition) is 6. The molecule has 0 aliphatic heterocycles. The molecule has 1 saturated carbocycles. The molecule has 0 bridgehead atoms. The molecular weight excluding hydrogens is 773 g/mol. The van der Waals surface area contributed by atoms with E-state index in [1.165, 1.54) is 0 Å². The van der Waals surface area contributed by atoms with Crippen LogP contribution in [0.4, 0.5) is 0 Å². The number of benzene rings is 6. The molecule has 0 spiro atoms. The highest BCUT2D eigenvalue weighted by Crippen LogP contribution is 2.51. The first-order valence-electron chi connectivity index (χ1n) is 20.9. The summed E-state index contributed by atoms with van der Waals surface area (Å²) < 4.78 is 8.17. The van der Waals surface area contributed by atoms with Gasteiger partial charge in [-0.25, -0.2) is 0 Å². The number of para-hydroxylation sites is 4. The van der Waals surface area contributed by atoms with Crippen molar-refractivity contribution in [3.63, 3.8) is 0 Å². The number of nitrogens with zero attached hydrogens (tertiary/aromatic N) is 8. The van der Waals surface area contributed by atoms with E-state index in [2.05, 4.69) is 153 Å². The zero-order valence-electron chi connectivity index (χ0n) is 33.6. The largest absolute Gasteiger partial charge is 0.392 e. The second kappa shape index (κ2) is 12.9. The van der Waals surface area contributed by atoms with Gasteiger partial charge in [0.25, 0.3) is 0 Å². The molecule has 6 heterocycles. The van der Waals surface area contributed by atoms with Crippen LogP contribution in [0.2, 0.25) is 0 Å². The zero-order chi connectivity index (χ0) is 41.4. The van der Waals surface area contributed by atoms with E-state index in [-0.39, 0.29) is 0 Å². The second-order valence-electron chi connectivity index (χ2n) is 16.5. The van der Waals surface area contributed by atoms with Crippen LogP contribution in [-0.2, 0) is 0 Å². The Hall–Kier alpha value is -7.80. The summed E-state index contributed by atoms with van der Waals surface area (Å²) in [5.41, 5.74) is 12.7. The van der Waals surface area contributed by atoms with Crippen LogP contribution in [0, 0.1) is 13.8 Å². The third kappa shape index (κ3) is 4.72. The van der Waals surface area contributed by atoms with Gasteiger partial charge in [-0.15, -0.1) is 0 Å². The van der Waals surface area contributed by atoms with Crippen molar-refractivity contribution in [1.82, 2.24) is 48.8 Å². The van der Waals surface area contributed by atoms with Gasteiger partial charge in [0.1, 0.15) is 0 Å². The van der Waals surface area contributed by atoms with E-state index < -0.39 is 24.0 Å². The minimum absolute atomic E-state index is 0.599. The maximum Gasteiger partial charge on any atom is 0.182 e. The van der Waals surface area contributed by atoms with E-state index in [1.54, 1.807) is 9.03 Å². The molecule has 12 aromatic rings. The number of nitrogens with one attached hydrogen (secondary N) is 2. The van der Waals surface area contributed by atoms with E-state index in [0.29, 0.717) is 34.3 Å². The van der Waals surface area contributed by atoms with Gasteiger partial charge in [-0.3, -0.25) is 10.2 Å². The average Bonchev–Trinajstić information content (AvgIpc) is 4.16. The smallest absolute Gasteiger partial charge is 0.182 e. The van der Waals surface area contributed by atoms with Gasteiger partial charge in [-0.1, -0.05) is 72.8 Å².